The predicted molar refractivity (Wildman–Crippen MR) is 128 cm³/mol. The number of aryl methyl sites for hydroxylation is 2. The first-order valence-corrected chi connectivity index (χ1v) is 12.2. The molecule has 1 atom stereocenters. The van der Waals surface area contributed by atoms with Gasteiger partial charge >= 0.3 is 5.97 Å². The fraction of sp³-hybridized carbons (Fsp3) is 0.192. The molecule has 0 aliphatic heterocycles. The van der Waals surface area contributed by atoms with Crippen molar-refractivity contribution >= 4 is 43.7 Å². The summed E-state index contributed by atoms with van der Waals surface area (Å²) in [6.07, 6.45) is -0.0702. The van der Waals surface area contributed by atoms with E-state index in [0.717, 1.165) is 0 Å². The van der Waals surface area contributed by atoms with Crippen LogP contribution in [0.25, 0.3) is 21.8 Å². The van der Waals surface area contributed by atoms with Crippen LogP contribution in [0.3, 0.4) is 0 Å². The van der Waals surface area contributed by atoms with E-state index in [4.69, 9.17) is 0 Å². The van der Waals surface area contributed by atoms with E-state index >= 15 is 0 Å². The zero-order valence-electron chi connectivity index (χ0n) is 18.7. The van der Waals surface area contributed by atoms with Crippen LogP contribution in [0.4, 0.5) is 0 Å². The maximum atomic E-state index is 13.1. The van der Waals surface area contributed by atoms with Gasteiger partial charge in [-0.2, -0.15) is 8.42 Å². The number of hydrogen-bond acceptors (Lipinski definition) is 5. The van der Waals surface area contributed by atoms with Crippen LogP contribution in [0.1, 0.15) is 61.9 Å². The predicted octanol–water partition coefficient (Wildman–Crippen LogP) is 4.79. The van der Waals surface area contributed by atoms with E-state index in [-0.39, 0.29) is 39.8 Å². The molecule has 2 bridgehead atoms. The summed E-state index contributed by atoms with van der Waals surface area (Å²) in [6, 6.07) is 13.0. The fourth-order valence-electron chi connectivity index (χ4n) is 5.40. The number of para-hydroxylation sites is 1. The normalized spacial score (nSPS) is 14.8. The number of pyridine rings is 1. The topological polar surface area (TPSA) is 122 Å². The molecular weight excluding hydrogens is 454 g/mol. The van der Waals surface area contributed by atoms with Gasteiger partial charge in [-0.3, -0.25) is 9.35 Å². The molecule has 2 aliphatic carbocycles. The lowest BCUT2D eigenvalue weighted by atomic mass is 9.72. The molecule has 1 heterocycles. The lowest BCUT2D eigenvalue weighted by molar-refractivity contribution is 0.0700. The van der Waals surface area contributed by atoms with Crippen molar-refractivity contribution in [2.45, 2.75) is 31.9 Å². The molecule has 1 aromatic heterocycles. The Morgan fingerprint density at radius 2 is 1.68 bits per heavy atom. The number of carboxylic acids is 1. The molecule has 172 valence electrons. The molecule has 0 saturated carbocycles. The van der Waals surface area contributed by atoms with Gasteiger partial charge in [0.2, 0.25) is 0 Å². The smallest absolute Gasteiger partial charge is 0.337 e. The summed E-state index contributed by atoms with van der Waals surface area (Å²) >= 11 is 0. The highest BCUT2D eigenvalue weighted by atomic mass is 32.2. The number of nitrogens with zero attached hydrogens (tertiary/aromatic N) is 1. The number of benzene rings is 3. The Labute approximate surface area is 195 Å². The number of aromatic nitrogens is 1. The van der Waals surface area contributed by atoms with Gasteiger partial charge in [-0.25, -0.2) is 9.78 Å². The van der Waals surface area contributed by atoms with Gasteiger partial charge in [-0.05, 0) is 60.7 Å². The summed E-state index contributed by atoms with van der Waals surface area (Å²) in [5.74, 6) is -1.42. The van der Waals surface area contributed by atoms with Gasteiger partial charge < -0.3 is 5.11 Å². The highest BCUT2D eigenvalue weighted by Gasteiger charge is 2.50. The lowest BCUT2D eigenvalue weighted by Crippen LogP contribution is -2.40. The second-order valence-electron chi connectivity index (χ2n) is 8.64. The molecule has 0 saturated heterocycles. The van der Waals surface area contributed by atoms with Crippen LogP contribution in [0.2, 0.25) is 0 Å². The average Bonchev–Trinajstić information content (AvgIpc) is 2.76. The minimum absolute atomic E-state index is 0.00565. The van der Waals surface area contributed by atoms with Crippen LogP contribution in [0.5, 0.6) is 0 Å². The summed E-state index contributed by atoms with van der Waals surface area (Å²) < 4.78 is 34.8. The van der Waals surface area contributed by atoms with Crippen molar-refractivity contribution < 1.29 is 27.7 Å². The summed E-state index contributed by atoms with van der Waals surface area (Å²) in [5, 5.41) is 10.7. The highest BCUT2D eigenvalue weighted by molar-refractivity contribution is 7.87. The number of carbonyl (C=O) groups excluding carboxylic acids is 1. The van der Waals surface area contributed by atoms with Gasteiger partial charge in [-0.1, -0.05) is 37.3 Å². The van der Waals surface area contributed by atoms with E-state index in [1.54, 1.807) is 57.2 Å². The van der Waals surface area contributed by atoms with Crippen molar-refractivity contribution in [3.63, 3.8) is 0 Å². The van der Waals surface area contributed by atoms with Crippen LogP contribution >= 0.6 is 0 Å². The average molecular weight is 476 g/mol. The van der Waals surface area contributed by atoms with Gasteiger partial charge in [-0.15, -0.1) is 0 Å². The van der Waals surface area contributed by atoms with Crippen molar-refractivity contribution in [3.8, 4) is 0 Å². The zero-order chi connectivity index (χ0) is 24.6. The molecule has 4 aromatic rings. The van der Waals surface area contributed by atoms with Crippen LogP contribution in [0, 0.1) is 13.8 Å². The number of fused-ring (bicyclic) bond motifs is 4. The quantitative estimate of drug-likeness (QED) is 0.277. The lowest BCUT2D eigenvalue weighted by Gasteiger charge is -2.37. The molecule has 3 aromatic carbocycles. The number of aromatic carboxylic acids is 1. The molecule has 0 radical (unpaired) electrons. The minimum Gasteiger partial charge on any atom is -0.478 e. The van der Waals surface area contributed by atoms with Crippen molar-refractivity contribution in [2.24, 2.45) is 0 Å². The van der Waals surface area contributed by atoms with Gasteiger partial charge in [0.1, 0.15) is 4.75 Å². The monoisotopic (exact) mass is 475 g/mol. The maximum absolute atomic E-state index is 13.1. The molecule has 0 fully saturated rings. The minimum atomic E-state index is -4.80. The maximum Gasteiger partial charge on any atom is 0.337 e. The number of ketones is 1. The fourth-order valence-corrected chi connectivity index (χ4v) is 6.63. The van der Waals surface area contributed by atoms with Gasteiger partial charge in [0.05, 0.1) is 16.6 Å². The summed E-state index contributed by atoms with van der Waals surface area (Å²) in [4.78, 5) is 29.6. The molecule has 7 nitrogen and oxygen atoms in total. The molecule has 34 heavy (non-hydrogen) atoms. The SMILES string of the molecule is CCC(c1ccc2nc3ccccc3c(C(=O)O)c2c1)(c1cc(C)c2c(C)c1C2=O)S(=O)(=O)O. The Morgan fingerprint density at radius 1 is 1.00 bits per heavy atom. The van der Waals surface area contributed by atoms with Gasteiger partial charge in [0.15, 0.2) is 5.78 Å². The number of carbonyl (C=O) groups is 2. The van der Waals surface area contributed by atoms with E-state index in [1.165, 1.54) is 12.1 Å². The third kappa shape index (κ3) is 2.72. The van der Waals surface area contributed by atoms with Crippen LogP contribution in [0.15, 0.2) is 48.5 Å². The molecule has 0 amide bonds. The second kappa shape index (κ2) is 7.19. The number of hydrogen-bond donors (Lipinski definition) is 2. The van der Waals surface area contributed by atoms with Crippen molar-refractivity contribution in [1.82, 2.24) is 4.98 Å². The molecule has 2 N–H and O–H groups in total. The van der Waals surface area contributed by atoms with E-state index < -0.39 is 20.8 Å². The molecule has 8 heteroatoms. The van der Waals surface area contributed by atoms with E-state index in [2.05, 4.69) is 4.98 Å². The molecule has 1 unspecified atom stereocenters. The molecule has 2 aliphatic rings. The Morgan fingerprint density at radius 3 is 2.26 bits per heavy atom. The standard InChI is InChI=1S/C26H21NO6S/c1-4-26(34(31,32)33,18-11-13(2)21-14(3)22(18)24(21)28)15-9-10-20-17(12-15)23(25(29)30)16-7-5-6-8-19(16)27-20/h5-12H,4H2,1-3H3,(H,29,30)(H,31,32,33). The zero-order valence-corrected chi connectivity index (χ0v) is 19.5. The van der Waals surface area contributed by atoms with E-state index in [0.29, 0.717) is 33.1 Å². The second-order valence-corrected chi connectivity index (χ2v) is 10.3. The van der Waals surface area contributed by atoms with Crippen molar-refractivity contribution in [3.05, 3.63) is 87.5 Å². The number of carboxylic acid groups (broad SMARTS) is 1. The van der Waals surface area contributed by atoms with Crippen LogP contribution in [-0.4, -0.2) is 34.8 Å². The van der Waals surface area contributed by atoms with E-state index in [1.807, 2.05) is 0 Å². The van der Waals surface area contributed by atoms with Crippen LogP contribution < -0.4 is 0 Å². The largest absolute Gasteiger partial charge is 0.478 e. The Hall–Kier alpha value is -3.62. The van der Waals surface area contributed by atoms with Gasteiger partial charge in [0, 0.05) is 21.9 Å². The Bertz CT molecular complexity index is 1680. The third-order valence-corrected chi connectivity index (χ3v) is 8.59. The first-order valence-electron chi connectivity index (χ1n) is 10.8. The summed E-state index contributed by atoms with van der Waals surface area (Å²) in [7, 11) is -4.80. The molecule has 6 rings (SSSR count). The molecular formula is C26H21NO6S. The molecule has 0 spiro atoms. The number of rotatable bonds is 5. The van der Waals surface area contributed by atoms with Crippen molar-refractivity contribution in [2.75, 3.05) is 0 Å². The first kappa shape index (κ1) is 22.2. The van der Waals surface area contributed by atoms with Gasteiger partial charge in [0.25, 0.3) is 10.1 Å². The summed E-state index contributed by atoms with van der Waals surface area (Å²) in [5.41, 5.74) is 3.44. The van der Waals surface area contributed by atoms with Crippen LogP contribution in [-0.2, 0) is 14.9 Å². The summed E-state index contributed by atoms with van der Waals surface area (Å²) in [6.45, 7) is 5.10. The van der Waals surface area contributed by atoms with E-state index in [9.17, 15) is 27.7 Å². The third-order valence-electron chi connectivity index (χ3n) is 6.96. The van der Waals surface area contributed by atoms with Crippen molar-refractivity contribution in [1.29, 1.82) is 0 Å². The first-order chi connectivity index (χ1) is 16.0. The Balaban J connectivity index is 1.92. The Kier molecular flexibility index (Phi) is 4.69. The highest BCUT2D eigenvalue weighted by Crippen LogP contribution is 2.48.